The zero-order chi connectivity index (χ0) is 21.9. The number of nitrogens with one attached hydrogen (secondary N) is 1. The van der Waals surface area contributed by atoms with Gasteiger partial charge in [0.15, 0.2) is 5.65 Å². The van der Waals surface area contributed by atoms with Crippen LogP contribution in [0.2, 0.25) is 0 Å². The van der Waals surface area contributed by atoms with Gasteiger partial charge < -0.3 is 10.2 Å². The minimum atomic E-state index is -0.275. The van der Waals surface area contributed by atoms with Gasteiger partial charge in [-0.05, 0) is 36.6 Å². The van der Waals surface area contributed by atoms with Crippen LogP contribution in [0.5, 0.6) is 0 Å². The van der Waals surface area contributed by atoms with E-state index in [4.69, 9.17) is 0 Å². The van der Waals surface area contributed by atoms with Crippen LogP contribution in [-0.4, -0.2) is 44.9 Å². The second kappa shape index (κ2) is 8.66. The van der Waals surface area contributed by atoms with E-state index in [0.29, 0.717) is 23.5 Å². The summed E-state index contributed by atoms with van der Waals surface area (Å²) in [6.45, 7) is 2.43. The first-order valence-electron chi connectivity index (χ1n) is 10.7. The number of para-hydroxylation sites is 2. The van der Waals surface area contributed by atoms with Gasteiger partial charge in [0, 0.05) is 25.3 Å². The lowest BCUT2D eigenvalue weighted by atomic mass is 10.1. The van der Waals surface area contributed by atoms with Crippen LogP contribution < -0.4 is 15.8 Å². The van der Waals surface area contributed by atoms with E-state index in [1.54, 1.807) is 4.68 Å². The van der Waals surface area contributed by atoms with Crippen molar-refractivity contribution in [1.29, 1.82) is 0 Å². The predicted molar refractivity (Wildman–Crippen MR) is 123 cm³/mol. The largest absolute Gasteiger partial charge is 0.371 e. The van der Waals surface area contributed by atoms with E-state index in [1.165, 1.54) is 22.8 Å². The first kappa shape index (κ1) is 20.0. The molecule has 0 spiro atoms. The Balaban J connectivity index is 1.22. The van der Waals surface area contributed by atoms with E-state index in [9.17, 15) is 9.59 Å². The number of anilines is 1. The molecule has 1 fully saturated rings. The molecule has 2 aromatic carbocycles. The van der Waals surface area contributed by atoms with Crippen molar-refractivity contribution in [2.75, 3.05) is 24.5 Å². The molecule has 2 aromatic heterocycles. The van der Waals surface area contributed by atoms with Gasteiger partial charge >= 0.3 is 0 Å². The number of hydrogen-bond donors (Lipinski definition) is 1. The van der Waals surface area contributed by atoms with E-state index >= 15 is 0 Å². The van der Waals surface area contributed by atoms with Gasteiger partial charge in [0.05, 0.1) is 11.9 Å². The number of fused-ring (bicyclic) bond motifs is 1. The maximum absolute atomic E-state index is 12.9. The molecule has 8 heteroatoms. The number of aromatic nitrogens is 4. The SMILES string of the molecule is O=C(Cn1cnc2c(cnn2-c2ccccc2)c1=O)NCC1CCN(c2ccccc2)C1. The van der Waals surface area contributed by atoms with Crippen molar-refractivity contribution in [1.82, 2.24) is 24.6 Å². The molecular weight excluding hydrogens is 404 g/mol. The number of amides is 1. The van der Waals surface area contributed by atoms with Crippen LogP contribution >= 0.6 is 0 Å². The van der Waals surface area contributed by atoms with E-state index in [0.717, 1.165) is 25.2 Å². The first-order valence-corrected chi connectivity index (χ1v) is 10.7. The summed E-state index contributed by atoms with van der Waals surface area (Å²) in [4.78, 5) is 32.1. The molecule has 1 aliphatic rings. The molecule has 0 radical (unpaired) electrons. The topological polar surface area (TPSA) is 85.0 Å². The molecule has 1 N–H and O–H groups in total. The molecule has 0 bridgehead atoms. The van der Waals surface area contributed by atoms with Crippen molar-refractivity contribution >= 4 is 22.6 Å². The molecule has 1 unspecified atom stereocenters. The Morgan fingerprint density at radius 1 is 1.03 bits per heavy atom. The van der Waals surface area contributed by atoms with Crippen molar-refractivity contribution in [3.8, 4) is 5.69 Å². The van der Waals surface area contributed by atoms with Crippen LogP contribution in [-0.2, 0) is 11.3 Å². The normalized spacial score (nSPS) is 15.9. The molecule has 0 saturated carbocycles. The maximum Gasteiger partial charge on any atom is 0.264 e. The van der Waals surface area contributed by atoms with Crippen molar-refractivity contribution in [3.05, 3.63) is 83.5 Å². The number of carbonyl (C=O) groups is 1. The molecular formula is C24H24N6O2. The number of rotatable bonds is 6. The van der Waals surface area contributed by atoms with Gasteiger partial charge in [-0.15, -0.1) is 0 Å². The Labute approximate surface area is 185 Å². The standard InChI is InChI=1S/C24H24N6O2/c31-22(25-13-18-11-12-28(15-18)19-7-3-1-4-8-19)16-29-17-26-23-21(24(29)32)14-27-30(23)20-9-5-2-6-10-20/h1-10,14,17-18H,11-13,15-16H2,(H,25,31). The minimum Gasteiger partial charge on any atom is -0.371 e. The average Bonchev–Trinajstić information content (AvgIpc) is 3.48. The molecule has 0 aliphatic carbocycles. The van der Waals surface area contributed by atoms with Crippen LogP contribution in [0.4, 0.5) is 5.69 Å². The second-order valence-electron chi connectivity index (χ2n) is 8.05. The zero-order valence-electron chi connectivity index (χ0n) is 17.6. The van der Waals surface area contributed by atoms with E-state index < -0.39 is 0 Å². The summed E-state index contributed by atoms with van der Waals surface area (Å²) in [6.07, 6.45) is 3.95. The van der Waals surface area contributed by atoms with Gasteiger partial charge in [-0.2, -0.15) is 5.10 Å². The Hall–Kier alpha value is -3.94. The quantitative estimate of drug-likeness (QED) is 0.509. The molecule has 1 aliphatic heterocycles. The van der Waals surface area contributed by atoms with Crippen molar-refractivity contribution in [2.24, 2.45) is 5.92 Å². The van der Waals surface area contributed by atoms with Crippen LogP contribution in [0.25, 0.3) is 16.7 Å². The highest BCUT2D eigenvalue weighted by atomic mass is 16.2. The van der Waals surface area contributed by atoms with Crippen LogP contribution in [0.3, 0.4) is 0 Å². The zero-order valence-corrected chi connectivity index (χ0v) is 17.6. The third-order valence-corrected chi connectivity index (χ3v) is 5.86. The molecule has 32 heavy (non-hydrogen) atoms. The van der Waals surface area contributed by atoms with E-state index in [2.05, 4.69) is 32.4 Å². The summed E-state index contributed by atoms with van der Waals surface area (Å²) in [5, 5.41) is 7.67. The van der Waals surface area contributed by atoms with Crippen molar-refractivity contribution in [3.63, 3.8) is 0 Å². The molecule has 1 saturated heterocycles. The van der Waals surface area contributed by atoms with Crippen LogP contribution in [0.15, 0.2) is 78.0 Å². The highest BCUT2D eigenvalue weighted by Gasteiger charge is 2.23. The van der Waals surface area contributed by atoms with Gasteiger partial charge in [-0.25, -0.2) is 9.67 Å². The Morgan fingerprint density at radius 2 is 1.75 bits per heavy atom. The summed E-state index contributed by atoms with van der Waals surface area (Å²) in [6, 6.07) is 19.8. The van der Waals surface area contributed by atoms with E-state index in [1.807, 2.05) is 48.5 Å². The molecule has 1 amide bonds. The fourth-order valence-corrected chi connectivity index (χ4v) is 4.16. The lowest BCUT2D eigenvalue weighted by molar-refractivity contribution is -0.121. The Bertz CT molecular complexity index is 1280. The average molecular weight is 428 g/mol. The summed E-state index contributed by atoms with van der Waals surface area (Å²) in [5.74, 6) is 0.197. The summed E-state index contributed by atoms with van der Waals surface area (Å²) >= 11 is 0. The lowest BCUT2D eigenvalue weighted by Crippen LogP contribution is -2.35. The summed E-state index contributed by atoms with van der Waals surface area (Å²) in [7, 11) is 0. The molecule has 4 aromatic rings. The number of nitrogens with zero attached hydrogens (tertiary/aromatic N) is 5. The van der Waals surface area contributed by atoms with Crippen LogP contribution in [0.1, 0.15) is 6.42 Å². The van der Waals surface area contributed by atoms with Crippen molar-refractivity contribution < 1.29 is 4.79 Å². The third-order valence-electron chi connectivity index (χ3n) is 5.86. The van der Waals surface area contributed by atoms with Gasteiger partial charge in [0.1, 0.15) is 18.3 Å². The van der Waals surface area contributed by atoms with Crippen LogP contribution in [0, 0.1) is 5.92 Å². The van der Waals surface area contributed by atoms with E-state index in [-0.39, 0.29) is 18.0 Å². The highest BCUT2D eigenvalue weighted by Crippen LogP contribution is 2.23. The Morgan fingerprint density at radius 3 is 2.50 bits per heavy atom. The second-order valence-corrected chi connectivity index (χ2v) is 8.05. The van der Waals surface area contributed by atoms with Gasteiger partial charge in [-0.3, -0.25) is 14.2 Å². The summed E-state index contributed by atoms with van der Waals surface area (Å²) < 4.78 is 2.96. The van der Waals surface area contributed by atoms with Gasteiger partial charge in [0.2, 0.25) is 5.91 Å². The van der Waals surface area contributed by atoms with Gasteiger partial charge in [0.25, 0.3) is 5.56 Å². The fraction of sp³-hybridized carbons (Fsp3) is 0.250. The number of hydrogen-bond acceptors (Lipinski definition) is 5. The summed E-state index contributed by atoms with van der Waals surface area (Å²) in [5.41, 5.74) is 2.24. The van der Waals surface area contributed by atoms with Crippen molar-refractivity contribution in [2.45, 2.75) is 13.0 Å². The minimum absolute atomic E-state index is 0.0621. The number of carbonyl (C=O) groups excluding carboxylic acids is 1. The smallest absolute Gasteiger partial charge is 0.264 e. The third kappa shape index (κ3) is 3.99. The first-order chi connectivity index (χ1) is 15.7. The Kier molecular flexibility index (Phi) is 5.41. The highest BCUT2D eigenvalue weighted by molar-refractivity contribution is 5.77. The molecule has 3 heterocycles. The fourth-order valence-electron chi connectivity index (χ4n) is 4.16. The molecule has 162 valence electrons. The number of benzene rings is 2. The molecule has 1 atom stereocenters. The predicted octanol–water partition coefficient (Wildman–Crippen LogP) is 2.22. The maximum atomic E-state index is 12.9. The lowest BCUT2D eigenvalue weighted by Gasteiger charge is -2.18. The monoisotopic (exact) mass is 428 g/mol. The molecule has 5 rings (SSSR count). The van der Waals surface area contributed by atoms with Gasteiger partial charge in [-0.1, -0.05) is 36.4 Å². The molecule has 8 nitrogen and oxygen atoms in total.